The second kappa shape index (κ2) is 2.34. The lowest BCUT2D eigenvalue weighted by Crippen LogP contribution is -2.19. The number of aromatic nitrogens is 1. The zero-order valence-corrected chi connectivity index (χ0v) is 7.33. The standard InChI is InChI=1S/C10H12N2/c1-10(2)4-6-12-9-7-11-5-3-8(9)10/h3-7,12H,1-2H3. The van der Waals surface area contributed by atoms with Gasteiger partial charge in [0.05, 0.1) is 11.9 Å². The molecule has 1 aliphatic heterocycles. The number of allylic oxidation sites excluding steroid dienone is 1. The SMILES string of the molecule is CC1(C)C=CNc2cnccc21. The predicted octanol–water partition coefficient (Wildman–Crippen LogP) is 2.30. The van der Waals surface area contributed by atoms with E-state index in [0.29, 0.717) is 0 Å². The van der Waals surface area contributed by atoms with E-state index in [1.54, 1.807) is 0 Å². The maximum absolute atomic E-state index is 4.07. The molecule has 1 N–H and O–H groups in total. The van der Waals surface area contributed by atoms with Crippen molar-refractivity contribution in [2.75, 3.05) is 5.32 Å². The fraction of sp³-hybridized carbons (Fsp3) is 0.300. The van der Waals surface area contributed by atoms with E-state index in [4.69, 9.17) is 0 Å². The number of pyridine rings is 1. The van der Waals surface area contributed by atoms with Gasteiger partial charge in [0.1, 0.15) is 0 Å². The molecule has 12 heavy (non-hydrogen) atoms. The third-order valence-corrected chi connectivity index (χ3v) is 2.25. The lowest BCUT2D eigenvalue weighted by molar-refractivity contribution is 0.663. The highest BCUT2D eigenvalue weighted by molar-refractivity contribution is 5.58. The molecule has 0 atom stereocenters. The molecule has 0 saturated carbocycles. The summed E-state index contributed by atoms with van der Waals surface area (Å²) < 4.78 is 0. The van der Waals surface area contributed by atoms with E-state index in [0.717, 1.165) is 5.69 Å². The number of rotatable bonds is 0. The summed E-state index contributed by atoms with van der Waals surface area (Å²) in [5, 5.41) is 3.18. The molecule has 2 nitrogen and oxygen atoms in total. The number of hydrogen-bond donors (Lipinski definition) is 1. The van der Waals surface area contributed by atoms with E-state index in [-0.39, 0.29) is 5.41 Å². The average Bonchev–Trinajstić information content (AvgIpc) is 2.04. The van der Waals surface area contributed by atoms with Crippen LogP contribution in [0.5, 0.6) is 0 Å². The van der Waals surface area contributed by atoms with E-state index < -0.39 is 0 Å². The molecule has 0 unspecified atom stereocenters. The van der Waals surface area contributed by atoms with Crippen LogP contribution in [0.15, 0.2) is 30.7 Å². The van der Waals surface area contributed by atoms with Crippen molar-refractivity contribution in [2.24, 2.45) is 0 Å². The van der Waals surface area contributed by atoms with Crippen molar-refractivity contribution in [3.63, 3.8) is 0 Å². The molecule has 1 aliphatic rings. The highest BCUT2D eigenvalue weighted by Gasteiger charge is 2.22. The number of hydrogen-bond acceptors (Lipinski definition) is 2. The molecule has 62 valence electrons. The van der Waals surface area contributed by atoms with Crippen molar-refractivity contribution in [3.05, 3.63) is 36.3 Å². The molecule has 1 aromatic heterocycles. The lowest BCUT2D eigenvalue weighted by atomic mass is 9.83. The smallest absolute Gasteiger partial charge is 0.0607 e. The van der Waals surface area contributed by atoms with Crippen molar-refractivity contribution >= 4 is 5.69 Å². The van der Waals surface area contributed by atoms with Gasteiger partial charge in [-0.3, -0.25) is 4.98 Å². The summed E-state index contributed by atoms with van der Waals surface area (Å²) in [5.74, 6) is 0. The Labute approximate surface area is 72.3 Å². The normalized spacial score (nSPS) is 18.2. The monoisotopic (exact) mass is 160 g/mol. The maximum atomic E-state index is 4.07. The fourth-order valence-corrected chi connectivity index (χ4v) is 1.50. The zero-order valence-electron chi connectivity index (χ0n) is 7.33. The van der Waals surface area contributed by atoms with Gasteiger partial charge >= 0.3 is 0 Å². The molecule has 0 bridgehead atoms. The van der Waals surface area contributed by atoms with Crippen LogP contribution in [0.2, 0.25) is 0 Å². The Morgan fingerprint density at radius 3 is 3.00 bits per heavy atom. The van der Waals surface area contributed by atoms with Crippen LogP contribution in [0.3, 0.4) is 0 Å². The molecule has 0 fully saturated rings. The minimum Gasteiger partial charge on any atom is -0.360 e. The van der Waals surface area contributed by atoms with Gasteiger partial charge in [-0.25, -0.2) is 0 Å². The lowest BCUT2D eigenvalue weighted by Gasteiger charge is -2.27. The molecule has 1 aromatic rings. The van der Waals surface area contributed by atoms with Gasteiger partial charge in [-0.05, 0) is 17.8 Å². The highest BCUT2D eigenvalue weighted by Crippen LogP contribution is 2.33. The van der Waals surface area contributed by atoms with Crippen LogP contribution >= 0.6 is 0 Å². The van der Waals surface area contributed by atoms with Crippen LogP contribution in [0.4, 0.5) is 5.69 Å². The minimum atomic E-state index is 0.128. The first-order valence-corrected chi connectivity index (χ1v) is 4.09. The number of nitrogens with zero attached hydrogens (tertiary/aromatic N) is 1. The summed E-state index contributed by atoms with van der Waals surface area (Å²) in [6, 6.07) is 2.06. The van der Waals surface area contributed by atoms with Gasteiger partial charge in [-0.15, -0.1) is 0 Å². The Balaban J connectivity index is 2.58. The molecule has 2 heteroatoms. The third-order valence-electron chi connectivity index (χ3n) is 2.25. The first kappa shape index (κ1) is 7.35. The predicted molar refractivity (Wildman–Crippen MR) is 50.0 cm³/mol. The van der Waals surface area contributed by atoms with E-state index in [1.165, 1.54) is 5.56 Å². The Bertz CT molecular complexity index is 326. The van der Waals surface area contributed by atoms with E-state index in [1.807, 2.05) is 18.6 Å². The Morgan fingerprint density at radius 2 is 2.25 bits per heavy atom. The number of nitrogens with one attached hydrogen (secondary N) is 1. The molecular weight excluding hydrogens is 148 g/mol. The molecule has 2 rings (SSSR count). The van der Waals surface area contributed by atoms with Gasteiger partial charge in [-0.1, -0.05) is 19.9 Å². The first-order valence-electron chi connectivity index (χ1n) is 4.09. The van der Waals surface area contributed by atoms with Gasteiger partial charge in [0.15, 0.2) is 0 Å². The quantitative estimate of drug-likeness (QED) is 0.630. The molecule has 0 amide bonds. The molecule has 0 spiro atoms. The molecule has 0 saturated heterocycles. The minimum absolute atomic E-state index is 0.128. The zero-order chi connectivity index (χ0) is 8.60. The Hall–Kier alpha value is -1.31. The first-order chi connectivity index (χ1) is 5.70. The summed E-state index contributed by atoms with van der Waals surface area (Å²) in [5.41, 5.74) is 2.55. The third kappa shape index (κ3) is 0.998. The number of fused-ring (bicyclic) bond motifs is 1. The van der Waals surface area contributed by atoms with Crippen molar-refractivity contribution in [1.29, 1.82) is 0 Å². The second-order valence-electron chi connectivity index (χ2n) is 3.62. The van der Waals surface area contributed by atoms with Crippen LogP contribution in [-0.2, 0) is 5.41 Å². The molecule has 0 aliphatic carbocycles. The van der Waals surface area contributed by atoms with Crippen LogP contribution in [0.1, 0.15) is 19.4 Å². The van der Waals surface area contributed by atoms with Gasteiger partial charge in [0.2, 0.25) is 0 Å². The summed E-state index contributed by atoms with van der Waals surface area (Å²) >= 11 is 0. The molecular formula is C10H12N2. The summed E-state index contributed by atoms with van der Waals surface area (Å²) in [6.07, 6.45) is 7.83. The van der Waals surface area contributed by atoms with Gasteiger partial charge in [-0.2, -0.15) is 0 Å². The van der Waals surface area contributed by atoms with Crippen molar-refractivity contribution in [1.82, 2.24) is 4.98 Å². The van der Waals surface area contributed by atoms with Crippen LogP contribution in [0.25, 0.3) is 0 Å². The van der Waals surface area contributed by atoms with Crippen LogP contribution in [-0.4, -0.2) is 4.98 Å². The highest BCUT2D eigenvalue weighted by atomic mass is 14.9. The van der Waals surface area contributed by atoms with Gasteiger partial charge in [0.25, 0.3) is 0 Å². The fourth-order valence-electron chi connectivity index (χ4n) is 1.50. The second-order valence-corrected chi connectivity index (χ2v) is 3.62. The summed E-state index contributed by atoms with van der Waals surface area (Å²) in [6.45, 7) is 4.40. The van der Waals surface area contributed by atoms with Gasteiger partial charge in [0, 0.05) is 11.6 Å². The van der Waals surface area contributed by atoms with Crippen molar-refractivity contribution in [3.8, 4) is 0 Å². The maximum Gasteiger partial charge on any atom is 0.0607 e. The molecule has 2 heterocycles. The Kier molecular flexibility index (Phi) is 1.43. The Morgan fingerprint density at radius 1 is 1.42 bits per heavy atom. The van der Waals surface area contributed by atoms with Crippen molar-refractivity contribution < 1.29 is 0 Å². The summed E-state index contributed by atoms with van der Waals surface area (Å²) in [4.78, 5) is 4.07. The van der Waals surface area contributed by atoms with Crippen LogP contribution < -0.4 is 5.32 Å². The van der Waals surface area contributed by atoms with E-state index >= 15 is 0 Å². The molecule has 0 aromatic carbocycles. The topological polar surface area (TPSA) is 24.9 Å². The van der Waals surface area contributed by atoms with E-state index in [9.17, 15) is 0 Å². The van der Waals surface area contributed by atoms with Crippen molar-refractivity contribution in [2.45, 2.75) is 19.3 Å². The average molecular weight is 160 g/mol. The largest absolute Gasteiger partial charge is 0.360 e. The molecule has 0 radical (unpaired) electrons. The summed E-state index contributed by atoms with van der Waals surface area (Å²) in [7, 11) is 0. The van der Waals surface area contributed by atoms with E-state index in [2.05, 4.69) is 36.3 Å². The number of anilines is 1. The van der Waals surface area contributed by atoms with Gasteiger partial charge < -0.3 is 5.32 Å². The van der Waals surface area contributed by atoms with Crippen LogP contribution in [0, 0.1) is 0 Å².